The van der Waals surface area contributed by atoms with Crippen molar-refractivity contribution >= 4 is 15.9 Å². The van der Waals surface area contributed by atoms with E-state index in [1.54, 1.807) is 23.9 Å². The molecule has 9 heteroatoms. The van der Waals surface area contributed by atoms with Crippen molar-refractivity contribution in [2.75, 3.05) is 20.3 Å². The van der Waals surface area contributed by atoms with E-state index in [9.17, 15) is 13.2 Å². The minimum Gasteiger partial charge on any atom is -0.383 e. The number of methoxy groups -OCH3 is 1. The van der Waals surface area contributed by atoms with Crippen LogP contribution in [0, 0.1) is 0 Å². The molecule has 0 saturated carbocycles. The first-order valence-electron chi connectivity index (χ1n) is 8.87. The number of hydrogen-bond donors (Lipinski definition) is 2. The number of ether oxygens (including phenoxy) is 1. The van der Waals surface area contributed by atoms with Gasteiger partial charge in [0, 0.05) is 26.1 Å². The van der Waals surface area contributed by atoms with E-state index in [4.69, 9.17) is 4.74 Å². The van der Waals surface area contributed by atoms with Gasteiger partial charge in [-0.3, -0.25) is 9.48 Å². The van der Waals surface area contributed by atoms with Crippen LogP contribution in [0.3, 0.4) is 0 Å². The average molecular weight is 392 g/mol. The minimum atomic E-state index is -3.62. The summed E-state index contributed by atoms with van der Waals surface area (Å²) in [6.45, 7) is 3.25. The molecule has 1 aliphatic heterocycles. The number of nitrogens with zero attached hydrogens (tertiary/aromatic N) is 2. The Balaban J connectivity index is 1.66. The number of benzene rings is 1. The monoisotopic (exact) mass is 392 g/mol. The van der Waals surface area contributed by atoms with Crippen molar-refractivity contribution in [1.29, 1.82) is 0 Å². The molecule has 146 valence electrons. The molecule has 27 heavy (non-hydrogen) atoms. The van der Waals surface area contributed by atoms with E-state index >= 15 is 0 Å². The predicted octanol–water partition coefficient (Wildman–Crippen LogP) is 0.725. The molecule has 1 amide bonds. The van der Waals surface area contributed by atoms with Crippen molar-refractivity contribution in [2.45, 2.75) is 37.2 Å². The summed E-state index contributed by atoms with van der Waals surface area (Å²) >= 11 is 0. The maximum atomic E-state index is 12.6. The molecule has 0 aliphatic carbocycles. The van der Waals surface area contributed by atoms with Crippen molar-refractivity contribution in [1.82, 2.24) is 19.8 Å². The van der Waals surface area contributed by atoms with Gasteiger partial charge in [0.25, 0.3) is 5.91 Å². The van der Waals surface area contributed by atoms with Gasteiger partial charge in [-0.1, -0.05) is 19.1 Å². The highest BCUT2D eigenvalue weighted by Crippen LogP contribution is 2.21. The summed E-state index contributed by atoms with van der Waals surface area (Å²) in [6.07, 6.45) is 2.79. The van der Waals surface area contributed by atoms with Crippen molar-refractivity contribution in [2.24, 2.45) is 0 Å². The lowest BCUT2D eigenvalue weighted by Crippen LogP contribution is -2.36. The summed E-state index contributed by atoms with van der Waals surface area (Å²) < 4.78 is 34.6. The Kier molecular flexibility index (Phi) is 5.93. The highest BCUT2D eigenvalue weighted by atomic mass is 32.2. The average Bonchev–Trinajstić information content (AvgIpc) is 3.21. The number of rotatable bonds is 8. The van der Waals surface area contributed by atoms with E-state index in [-0.39, 0.29) is 16.8 Å². The van der Waals surface area contributed by atoms with Crippen LogP contribution in [0.1, 0.15) is 28.5 Å². The largest absolute Gasteiger partial charge is 0.383 e. The van der Waals surface area contributed by atoms with E-state index in [1.807, 2.05) is 19.1 Å². The molecule has 0 spiro atoms. The molecule has 3 rings (SSSR count). The van der Waals surface area contributed by atoms with Gasteiger partial charge in [0.15, 0.2) is 0 Å². The lowest BCUT2D eigenvalue weighted by Gasteiger charge is -2.13. The second-order valence-corrected chi connectivity index (χ2v) is 8.17. The molecule has 0 unspecified atom stereocenters. The SMILES string of the molecule is CCc1ccc(S(=O)(=O)N[C@H]2Cc3c(C(=O)NCCOC)cnn3C2)cc1. The number of aryl methyl sites for hydroxylation is 1. The summed E-state index contributed by atoms with van der Waals surface area (Å²) in [6, 6.07) is 6.52. The van der Waals surface area contributed by atoms with Gasteiger partial charge < -0.3 is 10.1 Å². The zero-order valence-corrected chi connectivity index (χ0v) is 16.3. The summed E-state index contributed by atoms with van der Waals surface area (Å²) in [7, 11) is -2.06. The Morgan fingerprint density at radius 3 is 2.74 bits per heavy atom. The van der Waals surface area contributed by atoms with Gasteiger partial charge in [-0.05, 0) is 24.1 Å². The Morgan fingerprint density at radius 2 is 2.07 bits per heavy atom. The summed E-state index contributed by atoms with van der Waals surface area (Å²) in [5.74, 6) is -0.230. The first-order valence-corrected chi connectivity index (χ1v) is 10.4. The van der Waals surface area contributed by atoms with Gasteiger partial charge in [0.1, 0.15) is 0 Å². The quantitative estimate of drug-likeness (QED) is 0.645. The maximum Gasteiger partial charge on any atom is 0.254 e. The highest BCUT2D eigenvalue weighted by molar-refractivity contribution is 7.89. The summed E-state index contributed by atoms with van der Waals surface area (Å²) in [5, 5.41) is 6.97. The molecule has 2 heterocycles. The van der Waals surface area contributed by atoms with E-state index < -0.39 is 10.0 Å². The molecule has 0 saturated heterocycles. The van der Waals surface area contributed by atoms with Crippen LogP contribution >= 0.6 is 0 Å². The maximum absolute atomic E-state index is 12.6. The minimum absolute atomic E-state index is 0.230. The fourth-order valence-electron chi connectivity index (χ4n) is 3.11. The van der Waals surface area contributed by atoms with Crippen LogP contribution in [0.15, 0.2) is 35.4 Å². The molecule has 2 N–H and O–H groups in total. The van der Waals surface area contributed by atoms with Crippen molar-refractivity contribution in [3.63, 3.8) is 0 Å². The number of nitrogens with one attached hydrogen (secondary N) is 2. The number of sulfonamides is 1. The fraction of sp³-hybridized carbons (Fsp3) is 0.444. The summed E-state index contributed by atoms with van der Waals surface area (Å²) in [4.78, 5) is 12.5. The van der Waals surface area contributed by atoms with Crippen LogP contribution in [0.5, 0.6) is 0 Å². The van der Waals surface area contributed by atoms with Crippen LogP contribution in [-0.4, -0.2) is 50.4 Å². The van der Waals surface area contributed by atoms with E-state index in [2.05, 4.69) is 15.1 Å². The predicted molar refractivity (Wildman–Crippen MR) is 100 cm³/mol. The number of aromatic nitrogens is 2. The molecule has 2 aromatic rings. The second kappa shape index (κ2) is 8.20. The van der Waals surface area contributed by atoms with Crippen LogP contribution < -0.4 is 10.0 Å². The number of amides is 1. The molecule has 1 aromatic carbocycles. The van der Waals surface area contributed by atoms with Gasteiger partial charge in [-0.25, -0.2) is 13.1 Å². The van der Waals surface area contributed by atoms with Crippen LogP contribution in [-0.2, 0) is 34.1 Å². The Morgan fingerprint density at radius 1 is 1.33 bits per heavy atom. The molecule has 8 nitrogen and oxygen atoms in total. The third kappa shape index (κ3) is 4.37. The third-order valence-electron chi connectivity index (χ3n) is 4.58. The smallest absolute Gasteiger partial charge is 0.254 e. The van der Waals surface area contributed by atoms with Crippen molar-refractivity contribution < 1.29 is 17.9 Å². The van der Waals surface area contributed by atoms with E-state index in [1.165, 1.54) is 6.20 Å². The van der Waals surface area contributed by atoms with E-state index in [0.717, 1.165) is 17.7 Å². The van der Waals surface area contributed by atoms with Gasteiger partial charge in [0.05, 0.1) is 35.5 Å². The number of carbonyl (C=O) groups is 1. The van der Waals surface area contributed by atoms with Gasteiger partial charge >= 0.3 is 0 Å². The normalized spacial score (nSPS) is 16.3. The van der Waals surface area contributed by atoms with Crippen LogP contribution in [0.4, 0.5) is 0 Å². The van der Waals surface area contributed by atoms with Gasteiger partial charge in [-0.2, -0.15) is 5.10 Å². The lowest BCUT2D eigenvalue weighted by atomic mass is 10.1. The van der Waals surface area contributed by atoms with E-state index in [0.29, 0.717) is 31.7 Å². The highest BCUT2D eigenvalue weighted by Gasteiger charge is 2.30. The zero-order valence-electron chi connectivity index (χ0n) is 15.4. The topological polar surface area (TPSA) is 102 Å². The van der Waals surface area contributed by atoms with Crippen LogP contribution in [0.2, 0.25) is 0 Å². The second-order valence-electron chi connectivity index (χ2n) is 6.46. The van der Waals surface area contributed by atoms with Gasteiger partial charge in [0.2, 0.25) is 10.0 Å². The first kappa shape index (κ1) is 19.5. The molecule has 0 radical (unpaired) electrons. The zero-order chi connectivity index (χ0) is 19.4. The number of hydrogen-bond acceptors (Lipinski definition) is 5. The first-order chi connectivity index (χ1) is 12.9. The standard InChI is InChI=1S/C18H24N4O4S/c1-3-13-4-6-15(7-5-13)27(24,25)21-14-10-17-16(11-20-22(17)12-14)18(23)19-8-9-26-2/h4-7,11,14,21H,3,8-10,12H2,1-2H3,(H,19,23)/t14-/m0/s1. The van der Waals surface area contributed by atoms with Crippen molar-refractivity contribution in [3.8, 4) is 0 Å². The Labute approximate surface area is 159 Å². The molecular formula is C18H24N4O4S. The molecule has 0 fully saturated rings. The lowest BCUT2D eigenvalue weighted by molar-refractivity contribution is 0.0936. The molecule has 0 bridgehead atoms. The fourth-order valence-corrected chi connectivity index (χ4v) is 4.34. The molecule has 1 atom stereocenters. The Hall–Kier alpha value is -2.23. The van der Waals surface area contributed by atoms with Crippen LogP contribution in [0.25, 0.3) is 0 Å². The molecular weight excluding hydrogens is 368 g/mol. The van der Waals surface area contributed by atoms with Gasteiger partial charge in [-0.15, -0.1) is 0 Å². The summed E-state index contributed by atoms with van der Waals surface area (Å²) in [5.41, 5.74) is 2.29. The Bertz CT molecular complexity index is 906. The molecule has 1 aliphatic rings. The number of carbonyl (C=O) groups excluding carboxylic acids is 1. The molecule has 1 aromatic heterocycles. The van der Waals surface area contributed by atoms with Crippen molar-refractivity contribution in [3.05, 3.63) is 47.3 Å². The number of fused-ring (bicyclic) bond motifs is 1. The third-order valence-corrected chi connectivity index (χ3v) is 6.12.